The molecule has 1 aliphatic carbocycles. The molecule has 4 aromatic carbocycles. The molecule has 1 aliphatic rings. The SMILES string of the molecule is Cc1[c-]c2c(cc1C)-c1ccccc1C2.Cc1c[c-](C)c(C)c1C.Cc1ccc[cH-]1.[Zr+3]. The van der Waals surface area contributed by atoms with Crippen LogP contribution in [0.25, 0.3) is 11.1 Å². The van der Waals surface area contributed by atoms with Gasteiger partial charge in [-0.2, -0.15) is 69.3 Å². The summed E-state index contributed by atoms with van der Waals surface area (Å²) in [5.74, 6) is 0. The monoisotopic (exact) mass is 483 g/mol. The second-order valence-electron chi connectivity index (χ2n) is 8.53. The molecule has 0 nitrogen and oxygen atoms in total. The van der Waals surface area contributed by atoms with Gasteiger partial charge in [-0.25, -0.2) is 12.1 Å². The molecule has 0 spiro atoms. The van der Waals surface area contributed by atoms with Gasteiger partial charge in [-0.3, -0.25) is 0 Å². The Hall–Kier alpha value is -1.98. The number of fused-ring (bicyclic) bond motifs is 3. The maximum absolute atomic E-state index is 3.50. The predicted octanol–water partition coefficient (Wildman–Crippen LogP) is 8.03. The van der Waals surface area contributed by atoms with E-state index in [9.17, 15) is 0 Å². The minimum Gasteiger partial charge on any atom is -0.213 e. The van der Waals surface area contributed by atoms with Crippen LogP contribution >= 0.6 is 0 Å². The van der Waals surface area contributed by atoms with Gasteiger partial charge in [0.15, 0.2) is 0 Å². The topological polar surface area (TPSA) is 0 Å². The first-order valence-electron chi connectivity index (χ1n) is 10.8. The maximum atomic E-state index is 3.50. The molecule has 0 unspecified atom stereocenters. The second kappa shape index (κ2) is 11.1. The molecule has 5 rings (SSSR count). The molecule has 0 bridgehead atoms. The van der Waals surface area contributed by atoms with Crippen molar-refractivity contribution >= 4 is 0 Å². The van der Waals surface area contributed by atoms with Crippen LogP contribution in [0.5, 0.6) is 0 Å². The zero-order valence-electron chi connectivity index (χ0n) is 20.0. The third-order valence-electron chi connectivity index (χ3n) is 6.30. The Kier molecular flexibility index (Phi) is 9.02. The van der Waals surface area contributed by atoms with Gasteiger partial charge in [0.05, 0.1) is 0 Å². The van der Waals surface area contributed by atoms with Crippen molar-refractivity contribution in [3.63, 3.8) is 0 Å². The Labute approximate surface area is 208 Å². The summed E-state index contributed by atoms with van der Waals surface area (Å²) in [5, 5.41) is 0. The standard InChI is InChI=1S/C15H13.C9H13.C6H7.Zr/c1-10-7-13-9-12-5-3-4-6-14(12)15(13)8-11(10)2;1-6-5-7(2)9(4)8(6)3;1-6-4-2-3-5-6;/h3-6,8H,9H2,1-2H3;5H,1-4H3;2-5H,1H3;/q3*-1;+3. The summed E-state index contributed by atoms with van der Waals surface area (Å²) in [6.07, 6.45) is 1.05. The summed E-state index contributed by atoms with van der Waals surface area (Å²) in [6.45, 7) is 15.1. The molecule has 31 heavy (non-hydrogen) atoms. The van der Waals surface area contributed by atoms with Crippen molar-refractivity contribution in [2.45, 2.75) is 54.9 Å². The summed E-state index contributed by atoms with van der Waals surface area (Å²) in [7, 11) is 0. The molecule has 4 aromatic rings. The predicted molar refractivity (Wildman–Crippen MR) is 131 cm³/mol. The fraction of sp³-hybridized carbons (Fsp3) is 0.267. The van der Waals surface area contributed by atoms with Crippen LogP contribution in [-0.4, -0.2) is 0 Å². The Bertz CT molecular complexity index is 1100. The van der Waals surface area contributed by atoms with Crippen molar-refractivity contribution in [2.24, 2.45) is 0 Å². The van der Waals surface area contributed by atoms with E-state index in [1.807, 2.05) is 12.1 Å². The van der Waals surface area contributed by atoms with Crippen LogP contribution in [0, 0.1) is 54.5 Å². The van der Waals surface area contributed by atoms with Gasteiger partial charge in [-0.1, -0.05) is 83.9 Å². The molecule has 0 saturated heterocycles. The summed E-state index contributed by atoms with van der Waals surface area (Å²) in [5.41, 5.74) is 15.3. The first kappa shape index (κ1) is 25.3. The summed E-state index contributed by atoms with van der Waals surface area (Å²) in [4.78, 5) is 0. The van der Waals surface area contributed by atoms with E-state index in [1.165, 1.54) is 61.2 Å². The van der Waals surface area contributed by atoms with Gasteiger partial charge >= 0.3 is 26.2 Å². The fourth-order valence-electron chi connectivity index (χ4n) is 3.91. The molecule has 0 saturated carbocycles. The molecule has 1 radical (unpaired) electrons. The molecule has 157 valence electrons. The molecule has 0 N–H and O–H groups in total. The van der Waals surface area contributed by atoms with Gasteiger partial charge in [0.2, 0.25) is 0 Å². The molecule has 1 heteroatoms. The van der Waals surface area contributed by atoms with E-state index in [0.29, 0.717) is 0 Å². The Balaban J connectivity index is 0.000000183. The van der Waals surface area contributed by atoms with Crippen molar-refractivity contribution in [2.75, 3.05) is 0 Å². The van der Waals surface area contributed by atoms with Gasteiger partial charge in [0, 0.05) is 0 Å². The average molecular weight is 485 g/mol. The molecule has 0 aliphatic heterocycles. The van der Waals surface area contributed by atoms with Crippen molar-refractivity contribution in [1.29, 1.82) is 0 Å². The minimum atomic E-state index is 0. The van der Waals surface area contributed by atoms with Crippen LogP contribution < -0.4 is 0 Å². The summed E-state index contributed by atoms with van der Waals surface area (Å²) >= 11 is 0. The summed E-state index contributed by atoms with van der Waals surface area (Å²) < 4.78 is 0. The second-order valence-corrected chi connectivity index (χ2v) is 8.53. The van der Waals surface area contributed by atoms with Crippen LogP contribution in [-0.2, 0) is 32.6 Å². The zero-order valence-corrected chi connectivity index (χ0v) is 22.4. The molecule has 0 amide bonds. The first-order chi connectivity index (χ1) is 14.3. The zero-order chi connectivity index (χ0) is 21.8. The van der Waals surface area contributed by atoms with Gasteiger partial charge in [-0.15, -0.1) is 11.1 Å². The van der Waals surface area contributed by atoms with Crippen molar-refractivity contribution < 1.29 is 26.2 Å². The van der Waals surface area contributed by atoms with Crippen LogP contribution in [0.15, 0.2) is 60.7 Å². The van der Waals surface area contributed by atoms with E-state index in [1.54, 1.807) is 0 Å². The van der Waals surface area contributed by atoms with E-state index < -0.39 is 0 Å². The van der Waals surface area contributed by atoms with E-state index >= 15 is 0 Å². The molecule has 0 aromatic heterocycles. The van der Waals surface area contributed by atoms with Crippen molar-refractivity contribution in [3.05, 3.63) is 117 Å². The molecular formula is C30H33Zr. The minimum absolute atomic E-state index is 0. The third-order valence-corrected chi connectivity index (χ3v) is 6.30. The van der Waals surface area contributed by atoms with Crippen LogP contribution in [0.3, 0.4) is 0 Å². The number of rotatable bonds is 0. The van der Waals surface area contributed by atoms with Gasteiger partial charge < -0.3 is 0 Å². The largest absolute Gasteiger partial charge is 3.00 e. The molecule has 0 atom stereocenters. The Morgan fingerprint density at radius 3 is 2.06 bits per heavy atom. The third kappa shape index (κ3) is 6.05. The maximum Gasteiger partial charge on any atom is 3.00 e. The molecular weight excluding hydrogens is 452 g/mol. The number of benzene rings is 2. The van der Waals surface area contributed by atoms with Crippen LogP contribution in [0.4, 0.5) is 0 Å². The molecule has 0 heterocycles. The van der Waals surface area contributed by atoms with E-state index in [0.717, 1.165) is 6.42 Å². The number of hydrogen-bond acceptors (Lipinski definition) is 0. The van der Waals surface area contributed by atoms with Gasteiger partial charge in [0.1, 0.15) is 0 Å². The number of hydrogen-bond donors (Lipinski definition) is 0. The van der Waals surface area contributed by atoms with Gasteiger partial charge in [0.25, 0.3) is 0 Å². The summed E-state index contributed by atoms with van der Waals surface area (Å²) in [6, 6.07) is 24.9. The van der Waals surface area contributed by atoms with E-state index in [-0.39, 0.29) is 26.2 Å². The fourth-order valence-corrected chi connectivity index (χ4v) is 3.91. The Morgan fingerprint density at radius 2 is 1.58 bits per heavy atom. The average Bonchev–Trinajstić information content (AvgIpc) is 3.39. The first-order valence-corrected chi connectivity index (χ1v) is 10.8. The normalized spacial score (nSPS) is 10.7. The quantitative estimate of drug-likeness (QED) is 0.195. The Morgan fingerprint density at radius 1 is 0.871 bits per heavy atom. The van der Waals surface area contributed by atoms with E-state index in [2.05, 4.69) is 103 Å². The number of aryl methyl sites for hydroxylation is 5. The van der Waals surface area contributed by atoms with Gasteiger partial charge in [-0.05, 0) is 6.42 Å². The van der Waals surface area contributed by atoms with Crippen LogP contribution in [0.2, 0.25) is 0 Å². The van der Waals surface area contributed by atoms with Crippen molar-refractivity contribution in [1.82, 2.24) is 0 Å². The van der Waals surface area contributed by atoms with Crippen molar-refractivity contribution in [3.8, 4) is 11.1 Å². The van der Waals surface area contributed by atoms with E-state index in [4.69, 9.17) is 0 Å². The smallest absolute Gasteiger partial charge is 0.213 e. The van der Waals surface area contributed by atoms with Crippen LogP contribution in [0.1, 0.15) is 50.1 Å². The molecule has 0 fully saturated rings.